The van der Waals surface area contributed by atoms with Crippen molar-refractivity contribution in [2.45, 2.75) is 18.9 Å². The maximum absolute atomic E-state index is 13.5. The summed E-state index contributed by atoms with van der Waals surface area (Å²) in [4.78, 5) is 0. The average molecular weight is 281 g/mol. The van der Waals surface area contributed by atoms with Crippen molar-refractivity contribution in [2.24, 2.45) is 11.7 Å². The number of halogens is 3. The summed E-state index contributed by atoms with van der Waals surface area (Å²) in [6.45, 7) is 0. The van der Waals surface area contributed by atoms with Gasteiger partial charge in [-0.1, -0.05) is 12.1 Å². The summed E-state index contributed by atoms with van der Waals surface area (Å²) in [5.41, 5.74) is 6.55. The Morgan fingerprint density at radius 1 is 1.43 bits per heavy atom. The van der Waals surface area contributed by atoms with Crippen molar-refractivity contribution in [1.82, 2.24) is 0 Å². The van der Waals surface area contributed by atoms with Crippen LogP contribution >= 0.6 is 28.3 Å². The van der Waals surface area contributed by atoms with E-state index >= 15 is 0 Å². The van der Waals surface area contributed by atoms with Gasteiger partial charge in [0.1, 0.15) is 5.82 Å². The van der Waals surface area contributed by atoms with Crippen LogP contribution in [0.1, 0.15) is 24.4 Å². The van der Waals surface area contributed by atoms with Crippen LogP contribution in [-0.2, 0) is 0 Å². The van der Waals surface area contributed by atoms with Gasteiger partial charge in [0, 0.05) is 11.6 Å². The van der Waals surface area contributed by atoms with E-state index in [4.69, 9.17) is 5.73 Å². The molecule has 0 bridgehead atoms. The zero-order valence-corrected chi connectivity index (χ0v) is 9.94. The number of nitrogens with two attached hydrogens (primary N) is 1. The van der Waals surface area contributed by atoms with Crippen LogP contribution in [-0.4, -0.2) is 0 Å². The fourth-order valence-electron chi connectivity index (χ4n) is 1.49. The lowest BCUT2D eigenvalue weighted by Crippen LogP contribution is -2.14. The molecule has 1 saturated carbocycles. The fraction of sp³-hybridized carbons (Fsp3) is 0.400. The topological polar surface area (TPSA) is 26.0 Å². The molecule has 0 unspecified atom stereocenters. The van der Waals surface area contributed by atoms with Gasteiger partial charge in [-0.05, 0) is 40.8 Å². The molecule has 0 spiro atoms. The monoisotopic (exact) mass is 279 g/mol. The first-order valence-corrected chi connectivity index (χ1v) is 5.19. The highest BCUT2D eigenvalue weighted by Crippen LogP contribution is 2.40. The summed E-state index contributed by atoms with van der Waals surface area (Å²) in [5, 5.41) is 0. The Hall–Kier alpha value is -0.120. The Labute approximate surface area is 97.4 Å². The van der Waals surface area contributed by atoms with Gasteiger partial charge in [0.05, 0.1) is 4.47 Å². The molecule has 1 atom stereocenters. The van der Waals surface area contributed by atoms with E-state index in [0.29, 0.717) is 16.0 Å². The van der Waals surface area contributed by atoms with Crippen LogP contribution < -0.4 is 5.73 Å². The molecule has 0 heterocycles. The summed E-state index contributed by atoms with van der Waals surface area (Å²) >= 11 is 3.15. The van der Waals surface area contributed by atoms with Crippen LogP contribution in [0.3, 0.4) is 0 Å². The van der Waals surface area contributed by atoms with Gasteiger partial charge < -0.3 is 5.73 Å². The summed E-state index contributed by atoms with van der Waals surface area (Å²) in [6, 6.07) is 5.16. The third-order valence-electron chi connectivity index (χ3n) is 2.47. The van der Waals surface area contributed by atoms with E-state index in [1.807, 2.05) is 6.07 Å². The highest BCUT2D eigenvalue weighted by Gasteiger charge is 2.31. The molecule has 0 aromatic heterocycles. The first-order chi connectivity index (χ1) is 6.20. The van der Waals surface area contributed by atoms with Crippen molar-refractivity contribution in [1.29, 1.82) is 0 Å². The normalized spacial score (nSPS) is 17.4. The van der Waals surface area contributed by atoms with E-state index in [1.165, 1.54) is 0 Å². The molecule has 1 fully saturated rings. The van der Waals surface area contributed by atoms with Crippen molar-refractivity contribution in [3.05, 3.63) is 34.1 Å². The van der Waals surface area contributed by atoms with Crippen molar-refractivity contribution >= 4 is 28.3 Å². The minimum absolute atomic E-state index is 0. The van der Waals surface area contributed by atoms with Crippen molar-refractivity contribution < 1.29 is 4.39 Å². The van der Waals surface area contributed by atoms with Gasteiger partial charge in [-0.25, -0.2) is 4.39 Å². The van der Waals surface area contributed by atoms with Gasteiger partial charge in [0.2, 0.25) is 0 Å². The summed E-state index contributed by atoms with van der Waals surface area (Å²) in [5.74, 6) is 0.283. The summed E-state index contributed by atoms with van der Waals surface area (Å²) in [6.07, 6.45) is 2.26. The zero-order chi connectivity index (χ0) is 9.42. The summed E-state index contributed by atoms with van der Waals surface area (Å²) < 4.78 is 14.0. The SMILES string of the molecule is Cl.N[C@H](c1cccc(Br)c1F)C1CC1. The van der Waals surface area contributed by atoms with Gasteiger partial charge >= 0.3 is 0 Å². The zero-order valence-electron chi connectivity index (χ0n) is 7.54. The number of hydrogen-bond acceptors (Lipinski definition) is 1. The molecular formula is C10H12BrClFN. The molecule has 0 amide bonds. The smallest absolute Gasteiger partial charge is 0.142 e. The Morgan fingerprint density at radius 3 is 2.64 bits per heavy atom. The lowest BCUT2D eigenvalue weighted by atomic mass is 10.0. The Bertz CT molecular complexity index is 328. The van der Waals surface area contributed by atoms with Crippen molar-refractivity contribution in [3.63, 3.8) is 0 Å². The van der Waals surface area contributed by atoms with Crippen LogP contribution in [0.15, 0.2) is 22.7 Å². The molecule has 1 aliphatic carbocycles. The standard InChI is InChI=1S/C10H11BrFN.ClH/c11-8-3-1-2-7(9(8)12)10(13)6-4-5-6;/h1-3,6,10H,4-5,13H2;1H/t10-;/m0./s1. The Morgan fingerprint density at radius 2 is 2.07 bits per heavy atom. The van der Waals surface area contributed by atoms with E-state index in [9.17, 15) is 4.39 Å². The number of hydrogen-bond donors (Lipinski definition) is 1. The quantitative estimate of drug-likeness (QED) is 0.882. The second kappa shape index (κ2) is 4.60. The highest BCUT2D eigenvalue weighted by molar-refractivity contribution is 9.10. The maximum Gasteiger partial charge on any atom is 0.142 e. The number of benzene rings is 1. The predicted octanol–water partition coefficient (Wildman–Crippen LogP) is 3.42. The lowest BCUT2D eigenvalue weighted by Gasteiger charge is -2.12. The first-order valence-electron chi connectivity index (χ1n) is 4.39. The average Bonchev–Trinajstić information content (AvgIpc) is 2.91. The third kappa shape index (κ3) is 2.27. The van der Waals surface area contributed by atoms with Gasteiger partial charge in [-0.15, -0.1) is 12.4 Å². The molecule has 2 rings (SSSR count). The maximum atomic E-state index is 13.5. The molecule has 1 aliphatic rings. The first kappa shape index (κ1) is 12.0. The van der Waals surface area contributed by atoms with Gasteiger partial charge in [-0.3, -0.25) is 0 Å². The lowest BCUT2D eigenvalue weighted by molar-refractivity contribution is 0.549. The van der Waals surface area contributed by atoms with E-state index < -0.39 is 0 Å². The highest BCUT2D eigenvalue weighted by atomic mass is 79.9. The predicted molar refractivity (Wildman–Crippen MR) is 61.0 cm³/mol. The molecule has 0 aliphatic heterocycles. The minimum Gasteiger partial charge on any atom is -0.324 e. The molecular weight excluding hydrogens is 268 g/mol. The second-order valence-electron chi connectivity index (χ2n) is 3.51. The molecule has 0 radical (unpaired) electrons. The third-order valence-corrected chi connectivity index (χ3v) is 3.08. The van der Waals surface area contributed by atoms with E-state index in [-0.39, 0.29) is 24.3 Å². The van der Waals surface area contributed by atoms with Crippen LogP contribution in [0.5, 0.6) is 0 Å². The molecule has 2 N–H and O–H groups in total. The molecule has 78 valence electrons. The molecule has 1 aromatic carbocycles. The van der Waals surface area contributed by atoms with Crippen molar-refractivity contribution in [2.75, 3.05) is 0 Å². The van der Waals surface area contributed by atoms with Gasteiger partial charge in [0.25, 0.3) is 0 Å². The largest absolute Gasteiger partial charge is 0.324 e. The second-order valence-corrected chi connectivity index (χ2v) is 4.36. The van der Waals surface area contributed by atoms with Crippen LogP contribution in [0.2, 0.25) is 0 Å². The van der Waals surface area contributed by atoms with E-state index in [1.54, 1.807) is 12.1 Å². The Balaban J connectivity index is 0.000000980. The molecule has 1 nitrogen and oxygen atoms in total. The number of rotatable bonds is 2. The minimum atomic E-state index is -0.207. The van der Waals surface area contributed by atoms with E-state index in [0.717, 1.165) is 12.8 Å². The molecule has 14 heavy (non-hydrogen) atoms. The van der Waals surface area contributed by atoms with Crippen LogP contribution in [0.4, 0.5) is 4.39 Å². The fourth-order valence-corrected chi connectivity index (χ4v) is 1.87. The van der Waals surface area contributed by atoms with Crippen LogP contribution in [0, 0.1) is 11.7 Å². The molecule has 1 aromatic rings. The van der Waals surface area contributed by atoms with Gasteiger partial charge in [0.15, 0.2) is 0 Å². The van der Waals surface area contributed by atoms with Crippen molar-refractivity contribution in [3.8, 4) is 0 Å². The Kier molecular flexibility index (Phi) is 3.93. The summed E-state index contributed by atoms with van der Waals surface area (Å²) in [7, 11) is 0. The van der Waals surface area contributed by atoms with E-state index in [2.05, 4.69) is 15.9 Å². The molecule has 4 heteroatoms. The van der Waals surface area contributed by atoms with Crippen LogP contribution in [0.25, 0.3) is 0 Å². The molecule has 0 saturated heterocycles. The van der Waals surface area contributed by atoms with Gasteiger partial charge in [-0.2, -0.15) is 0 Å².